The highest BCUT2D eigenvalue weighted by Gasteiger charge is 2.27. The maximum Gasteiger partial charge on any atom is 0.355 e. The number of piperidine rings is 2. The summed E-state index contributed by atoms with van der Waals surface area (Å²) in [5, 5.41) is 3.10. The van der Waals surface area contributed by atoms with Crippen molar-refractivity contribution in [1.82, 2.24) is 20.1 Å². The van der Waals surface area contributed by atoms with E-state index in [-0.39, 0.29) is 23.7 Å². The first-order chi connectivity index (χ1) is 15.9. The zero-order chi connectivity index (χ0) is 23.8. The maximum atomic E-state index is 12.8. The van der Waals surface area contributed by atoms with Crippen molar-refractivity contribution in [2.24, 2.45) is 5.92 Å². The molecule has 0 atom stereocenters. The van der Waals surface area contributed by atoms with Crippen LogP contribution >= 0.6 is 0 Å². The summed E-state index contributed by atoms with van der Waals surface area (Å²) in [5.74, 6) is -0.121. The minimum absolute atomic E-state index is 0.00305. The molecule has 0 radical (unpaired) electrons. The summed E-state index contributed by atoms with van der Waals surface area (Å²) in [6.07, 6.45) is 6.26. The Hall–Kier alpha value is -2.35. The number of likely N-dealkylation sites (tertiary alicyclic amines) is 2. The number of nitrogens with one attached hydrogen (secondary N) is 2. The monoisotopic (exact) mass is 460 g/mol. The Morgan fingerprint density at radius 3 is 2.42 bits per heavy atom. The van der Waals surface area contributed by atoms with Gasteiger partial charge in [0.2, 0.25) is 11.8 Å². The molecule has 2 N–H and O–H groups in total. The minimum Gasteiger partial charge on any atom is -0.461 e. The fraction of sp³-hybridized carbons (Fsp3) is 0.720. The van der Waals surface area contributed by atoms with Crippen LogP contribution < -0.4 is 5.32 Å². The molecule has 8 heteroatoms. The molecule has 2 aliphatic heterocycles. The van der Waals surface area contributed by atoms with Crippen LogP contribution in [0.4, 0.5) is 0 Å². The van der Waals surface area contributed by atoms with E-state index >= 15 is 0 Å². The third-order valence-corrected chi connectivity index (χ3v) is 7.06. The predicted octanol–water partition coefficient (Wildman–Crippen LogP) is 2.58. The number of rotatable bonds is 9. The Labute approximate surface area is 197 Å². The Morgan fingerprint density at radius 2 is 1.76 bits per heavy atom. The van der Waals surface area contributed by atoms with Gasteiger partial charge in [0.05, 0.1) is 6.61 Å². The number of carbonyl (C=O) groups excluding carboxylic acids is 3. The third kappa shape index (κ3) is 6.82. The van der Waals surface area contributed by atoms with Crippen molar-refractivity contribution in [1.29, 1.82) is 0 Å². The quantitative estimate of drug-likeness (QED) is 0.553. The lowest BCUT2D eigenvalue weighted by molar-refractivity contribution is -0.135. The van der Waals surface area contributed by atoms with Crippen LogP contribution in [0.2, 0.25) is 0 Å². The van der Waals surface area contributed by atoms with Gasteiger partial charge in [-0.2, -0.15) is 0 Å². The van der Waals surface area contributed by atoms with Gasteiger partial charge in [-0.1, -0.05) is 6.42 Å². The van der Waals surface area contributed by atoms with Crippen molar-refractivity contribution in [3.05, 3.63) is 22.5 Å². The van der Waals surface area contributed by atoms with Gasteiger partial charge in [0.15, 0.2) is 0 Å². The molecule has 0 bridgehead atoms. The lowest BCUT2D eigenvalue weighted by atomic mass is 9.95. The van der Waals surface area contributed by atoms with E-state index in [1.54, 1.807) is 6.92 Å². The fourth-order valence-electron chi connectivity index (χ4n) is 5.02. The van der Waals surface area contributed by atoms with E-state index in [0.717, 1.165) is 49.3 Å². The standard InChI is InChI=1S/C25H40N4O4/c1-4-33-25(32)23-18(2)21(19(3)27-23)8-9-22(30)29-15-10-20(11-16-29)24(31)26-12-17-28-13-6-5-7-14-28/h20,27H,4-17H2,1-3H3,(H,26,31). The van der Waals surface area contributed by atoms with Crippen molar-refractivity contribution in [3.63, 3.8) is 0 Å². The second kappa shape index (κ2) is 12.2. The SMILES string of the molecule is CCOC(=O)c1[nH]c(C)c(CCC(=O)N2CCC(C(=O)NCCN3CCCCC3)CC2)c1C. The lowest BCUT2D eigenvalue weighted by Gasteiger charge is -2.32. The highest BCUT2D eigenvalue weighted by Crippen LogP contribution is 2.22. The molecule has 0 unspecified atom stereocenters. The van der Waals surface area contributed by atoms with Gasteiger partial charge in [0.25, 0.3) is 0 Å². The van der Waals surface area contributed by atoms with Crippen molar-refractivity contribution < 1.29 is 19.1 Å². The number of hydrogen-bond acceptors (Lipinski definition) is 5. The summed E-state index contributed by atoms with van der Waals surface area (Å²) in [7, 11) is 0. The number of aromatic amines is 1. The molecular weight excluding hydrogens is 420 g/mol. The van der Waals surface area contributed by atoms with E-state index in [0.29, 0.717) is 44.8 Å². The molecule has 2 amide bonds. The smallest absolute Gasteiger partial charge is 0.355 e. The topological polar surface area (TPSA) is 94.7 Å². The van der Waals surface area contributed by atoms with Gasteiger partial charge in [0.1, 0.15) is 5.69 Å². The Balaban J connectivity index is 1.39. The molecule has 2 fully saturated rings. The minimum atomic E-state index is -0.355. The van der Waals surface area contributed by atoms with Gasteiger partial charge < -0.3 is 24.8 Å². The fourth-order valence-corrected chi connectivity index (χ4v) is 5.02. The Bertz CT molecular complexity index is 821. The molecule has 184 valence electrons. The number of hydrogen-bond donors (Lipinski definition) is 2. The van der Waals surface area contributed by atoms with Crippen LogP contribution in [0.5, 0.6) is 0 Å². The van der Waals surface area contributed by atoms with Crippen LogP contribution in [0, 0.1) is 19.8 Å². The summed E-state index contributed by atoms with van der Waals surface area (Å²) < 4.78 is 5.10. The predicted molar refractivity (Wildman–Crippen MR) is 127 cm³/mol. The van der Waals surface area contributed by atoms with E-state index in [4.69, 9.17) is 4.74 Å². The molecule has 0 spiro atoms. The van der Waals surface area contributed by atoms with Gasteiger partial charge in [0, 0.05) is 44.2 Å². The van der Waals surface area contributed by atoms with Gasteiger partial charge in [-0.25, -0.2) is 4.79 Å². The molecule has 0 aliphatic carbocycles. The molecule has 2 aliphatic rings. The molecule has 2 saturated heterocycles. The molecule has 0 aromatic carbocycles. The second-order valence-electron chi connectivity index (χ2n) is 9.30. The Morgan fingerprint density at radius 1 is 1.06 bits per heavy atom. The largest absolute Gasteiger partial charge is 0.461 e. The van der Waals surface area contributed by atoms with Crippen molar-refractivity contribution in [2.45, 2.75) is 65.7 Å². The summed E-state index contributed by atoms with van der Waals surface area (Å²) in [5.41, 5.74) is 3.25. The normalized spacial score (nSPS) is 17.7. The highest BCUT2D eigenvalue weighted by molar-refractivity contribution is 5.90. The number of nitrogens with zero attached hydrogens (tertiary/aromatic N) is 2. The van der Waals surface area contributed by atoms with Crippen molar-refractivity contribution in [2.75, 3.05) is 45.9 Å². The zero-order valence-corrected chi connectivity index (χ0v) is 20.5. The highest BCUT2D eigenvalue weighted by atomic mass is 16.5. The molecule has 1 aromatic heterocycles. The summed E-state index contributed by atoms with van der Waals surface area (Å²) in [6, 6.07) is 0. The van der Waals surface area contributed by atoms with E-state index in [1.807, 2.05) is 18.7 Å². The van der Waals surface area contributed by atoms with E-state index in [9.17, 15) is 14.4 Å². The van der Waals surface area contributed by atoms with E-state index in [2.05, 4.69) is 15.2 Å². The molecule has 0 saturated carbocycles. The third-order valence-electron chi connectivity index (χ3n) is 7.06. The zero-order valence-electron chi connectivity index (χ0n) is 20.5. The number of aromatic nitrogens is 1. The second-order valence-corrected chi connectivity index (χ2v) is 9.30. The van der Waals surface area contributed by atoms with Crippen LogP contribution in [0.3, 0.4) is 0 Å². The number of H-pyrrole nitrogens is 1. The number of amides is 2. The van der Waals surface area contributed by atoms with Gasteiger partial charge in [-0.3, -0.25) is 9.59 Å². The van der Waals surface area contributed by atoms with Crippen LogP contribution in [-0.4, -0.2) is 78.4 Å². The van der Waals surface area contributed by atoms with Crippen LogP contribution in [-0.2, 0) is 20.7 Å². The number of ether oxygens (including phenoxy) is 1. The first-order valence-electron chi connectivity index (χ1n) is 12.5. The summed E-state index contributed by atoms with van der Waals surface area (Å²) in [6.45, 7) is 11.1. The summed E-state index contributed by atoms with van der Waals surface area (Å²) in [4.78, 5) is 44.8. The first-order valence-corrected chi connectivity index (χ1v) is 12.5. The average Bonchev–Trinajstić information content (AvgIpc) is 3.11. The van der Waals surface area contributed by atoms with Crippen LogP contribution in [0.25, 0.3) is 0 Å². The molecule has 8 nitrogen and oxygen atoms in total. The summed E-state index contributed by atoms with van der Waals surface area (Å²) >= 11 is 0. The van der Waals surface area contributed by atoms with Crippen LogP contribution in [0.1, 0.15) is 72.8 Å². The number of aryl methyl sites for hydroxylation is 1. The lowest BCUT2D eigenvalue weighted by Crippen LogP contribution is -2.44. The first kappa shape index (κ1) is 25.3. The van der Waals surface area contributed by atoms with Crippen molar-refractivity contribution in [3.8, 4) is 0 Å². The van der Waals surface area contributed by atoms with Crippen molar-refractivity contribution >= 4 is 17.8 Å². The molecule has 3 heterocycles. The van der Waals surface area contributed by atoms with Gasteiger partial charge in [-0.15, -0.1) is 0 Å². The number of esters is 1. The molecular formula is C25H40N4O4. The van der Waals surface area contributed by atoms with Crippen LogP contribution in [0.15, 0.2) is 0 Å². The maximum absolute atomic E-state index is 12.8. The average molecular weight is 461 g/mol. The molecule has 1 aromatic rings. The molecule has 3 rings (SSSR count). The van der Waals surface area contributed by atoms with Gasteiger partial charge >= 0.3 is 5.97 Å². The number of carbonyl (C=O) groups is 3. The molecule has 33 heavy (non-hydrogen) atoms. The van der Waals surface area contributed by atoms with E-state index < -0.39 is 0 Å². The van der Waals surface area contributed by atoms with E-state index in [1.165, 1.54) is 19.3 Å². The Kier molecular flexibility index (Phi) is 9.35. The van der Waals surface area contributed by atoms with Gasteiger partial charge in [-0.05, 0) is 77.1 Å².